The molecular weight excluding hydrogens is 440 g/mol. The van der Waals surface area contributed by atoms with Crippen LogP contribution in [0.3, 0.4) is 0 Å². The van der Waals surface area contributed by atoms with Crippen LogP contribution in [0.1, 0.15) is 55.3 Å². The largest absolute Gasteiger partial charge is 0.497 e. The smallest absolute Gasteiger partial charge is 0.253 e. The minimum absolute atomic E-state index is 0.102. The van der Waals surface area contributed by atoms with E-state index in [9.17, 15) is 4.79 Å². The van der Waals surface area contributed by atoms with Gasteiger partial charge in [-0.2, -0.15) is 4.98 Å². The zero-order chi connectivity index (χ0) is 24.0. The quantitative estimate of drug-likeness (QED) is 0.679. The fraction of sp³-hybridized carbons (Fsp3) is 0.593. The maximum absolute atomic E-state index is 12.9. The van der Waals surface area contributed by atoms with Crippen LogP contribution in [0.4, 0.5) is 11.8 Å². The van der Waals surface area contributed by atoms with E-state index >= 15 is 0 Å². The number of benzene rings is 1. The minimum Gasteiger partial charge on any atom is -0.497 e. The number of methoxy groups -OCH3 is 1. The van der Waals surface area contributed by atoms with Crippen LogP contribution in [-0.4, -0.2) is 84.1 Å². The summed E-state index contributed by atoms with van der Waals surface area (Å²) in [4.78, 5) is 29.3. The van der Waals surface area contributed by atoms with Gasteiger partial charge >= 0.3 is 0 Å². The zero-order valence-electron chi connectivity index (χ0n) is 20.9. The first-order chi connectivity index (χ1) is 17.2. The lowest BCUT2D eigenvalue weighted by molar-refractivity contribution is 0.0643. The Morgan fingerprint density at radius 3 is 2.57 bits per heavy atom. The molecule has 2 aromatic rings. The van der Waals surface area contributed by atoms with Crippen molar-refractivity contribution in [2.24, 2.45) is 0 Å². The van der Waals surface area contributed by atoms with Gasteiger partial charge in [0.05, 0.1) is 7.11 Å². The van der Waals surface area contributed by atoms with Gasteiger partial charge in [-0.25, -0.2) is 4.98 Å². The summed E-state index contributed by atoms with van der Waals surface area (Å²) in [5.41, 5.74) is 0.704. The van der Waals surface area contributed by atoms with Crippen molar-refractivity contribution in [3.63, 3.8) is 0 Å². The SMILES string of the molecule is COc1cccc(C(=O)N2CCC(N3CCC(Nc4nccc(N5CCCCCC5)n4)C3)CC2)c1. The molecule has 0 spiro atoms. The predicted octanol–water partition coefficient (Wildman–Crippen LogP) is 3.66. The Morgan fingerprint density at radius 1 is 1.00 bits per heavy atom. The van der Waals surface area contributed by atoms with Crippen LogP contribution in [0, 0.1) is 0 Å². The summed E-state index contributed by atoms with van der Waals surface area (Å²) in [5.74, 6) is 2.62. The number of carbonyl (C=O) groups is 1. The van der Waals surface area contributed by atoms with Crippen LogP contribution < -0.4 is 15.0 Å². The Bertz CT molecular complexity index is 985. The summed E-state index contributed by atoms with van der Waals surface area (Å²) >= 11 is 0. The molecule has 4 heterocycles. The predicted molar refractivity (Wildman–Crippen MR) is 138 cm³/mol. The van der Waals surface area contributed by atoms with Crippen molar-refractivity contribution in [1.82, 2.24) is 19.8 Å². The molecule has 8 nitrogen and oxygen atoms in total. The molecule has 1 aromatic carbocycles. The Morgan fingerprint density at radius 2 is 1.80 bits per heavy atom. The van der Waals surface area contributed by atoms with E-state index in [-0.39, 0.29) is 5.91 Å². The molecule has 5 rings (SSSR count). The van der Waals surface area contributed by atoms with Gasteiger partial charge in [0.15, 0.2) is 0 Å². The summed E-state index contributed by atoms with van der Waals surface area (Å²) in [6, 6.07) is 10.4. The number of anilines is 2. The van der Waals surface area contributed by atoms with Gasteiger partial charge in [-0.05, 0) is 56.4 Å². The molecule has 1 unspecified atom stereocenters. The van der Waals surface area contributed by atoms with Gasteiger partial charge in [-0.1, -0.05) is 18.9 Å². The number of rotatable bonds is 6. The number of amides is 1. The molecule has 1 N–H and O–H groups in total. The molecule has 3 saturated heterocycles. The van der Waals surface area contributed by atoms with Crippen LogP contribution in [0.25, 0.3) is 0 Å². The number of nitrogens with one attached hydrogen (secondary N) is 1. The topological polar surface area (TPSA) is 73.8 Å². The van der Waals surface area contributed by atoms with E-state index in [0.29, 0.717) is 17.6 Å². The highest BCUT2D eigenvalue weighted by Crippen LogP contribution is 2.25. The molecule has 1 aromatic heterocycles. The lowest BCUT2D eigenvalue weighted by atomic mass is 10.0. The highest BCUT2D eigenvalue weighted by atomic mass is 16.5. The van der Waals surface area contributed by atoms with E-state index < -0.39 is 0 Å². The van der Waals surface area contributed by atoms with E-state index in [2.05, 4.69) is 20.1 Å². The molecule has 3 fully saturated rings. The van der Waals surface area contributed by atoms with Crippen molar-refractivity contribution in [1.29, 1.82) is 0 Å². The van der Waals surface area contributed by atoms with Gasteiger partial charge in [0.25, 0.3) is 5.91 Å². The number of aromatic nitrogens is 2. The Balaban J connectivity index is 1.11. The van der Waals surface area contributed by atoms with Gasteiger partial charge < -0.3 is 19.9 Å². The number of piperidine rings is 1. The van der Waals surface area contributed by atoms with Gasteiger partial charge in [-0.3, -0.25) is 9.69 Å². The van der Waals surface area contributed by atoms with E-state index in [0.717, 1.165) is 76.0 Å². The van der Waals surface area contributed by atoms with E-state index in [1.165, 1.54) is 25.7 Å². The molecule has 0 saturated carbocycles. The molecule has 1 amide bonds. The van der Waals surface area contributed by atoms with Gasteiger partial charge in [0, 0.05) is 63.1 Å². The Kier molecular flexibility index (Phi) is 7.66. The summed E-state index contributed by atoms with van der Waals surface area (Å²) in [6.07, 6.45) is 10.1. The average molecular weight is 479 g/mol. The van der Waals surface area contributed by atoms with Crippen LogP contribution >= 0.6 is 0 Å². The van der Waals surface area contributed by atoms with E-state index in [1.54, 1.807) is 7.11 Å². The van der Waals surface area contributed by atoms with E-state index in [1.807, 2.05) is 41.4 Å². The molecule has 3 aliphatic heterocycles. The maximum atomic E-state index is 12.9. The molecule has 1 atom stereocenters. The first kappa shape index (κ1) is 23.9. The fourth-order valence-electron chi connectivity index (χ4n) is 5.69. The van der Waals surface area contributed by atoms with Crippen LogP contribution in [0.5, 0.6) is 5.75 Å². The monoisotopic (exact) mass is 478 g/mol. The summed E-state index contributed by atoms with van der Waals surface area (Å²) in [5, 5.41) is 3.60. The molecule has 35 heavy (non-hydrogen) atoms. The summed E-state index contributed by atoms with van der Waals surface area (Å²) in [6.45, 7) is 5.87. The second-order valence-corrected chi connectivity index (χ2v) is 10.0. The van der Waals surface area contributed by atoms with Crippen LogP contribution in [0.2, 0.25) is 0 Å². The fourth-order valence-corrected chi connectivity index (χ4v) is 5.69. The maximum Gasteiger partial charge on any atom is 0.253 e. The van der Waals surface area contributed by atoms with Gasteiger partial charge in [0.2, 0.25) is 5.95 Å². The minimum atomic E-state index is 0.102. The van der Waals surface area contributed by atoms with Crippen molar-refractivity contribution in [2.45, 2.75) is 57.0 Å². The number of hydrogen-bond donors (Lipinski definition) is 1. The Hall–Kier alpha value is -2.87. The highest BCUT2D eigenvalue weighted by Gasteiger charge is 2.32. The van der Waals surface area contributed by atoms with E-state index in [4.69, 9.17) is 9.72 Å². The molecule has 0 aliphatic carbocycles. The number of likely N-dealkylation sites (tertiary alicyclic amines) is 2. The zero-order valence-corrected chi connectivity index (χ0v) is 20.9. The van der Waals surface area contributed by atoms with Crippen molar-refractivity contribution >= 4 is 17.7 Å². The molecule has 8 heteroatoms. The standard InChI is InChI=1S/C27H38N6O2/c1-35-24-8-6-7-21(19-24)26(34)32-17-11-23(12-18-32)33-16-10-22(20-33)29-27-28-13-9-25(30-27)31-14-4-2-3-5-15-31/h6-9,13,19,22-23H,2-5,10-12,14-18,20H2,1H3,(H,28,29,30). The second-order valence-electron chi connectivity index (χ2n) is 10.0. The van der Waals surface area contributed by atoms with Crippen molar-refractivity contribution in [3.8, 4) is 5.75 Å². The van der Waals surface area contributed by atoms with Crippen molar-refractivity contribution in [3.05, 3.63) is 42.1 Å². The number of nitrogens with zero attached hydrogens (tertiary/aromatic N) is 5. The number of hydrogen-bond acceptors (Lipinski definition) is 7. The third-order valence-corrected chi connectivity index (χ3v) is 7.71. The lowest BCUT2D eigenvalue weighted by Crippen LogP contribution is -2.46. The summed E-state index contributed by atoms with van der Waals surface area (Å²) < 4.78 is 5.28. The average Bonchev–Trinajstić information content (AvgIpc) is 3.20. The second kappa shape index (κ2) is 11.2. The first-order valence-electron chi connectivity index (χ1n) is 13.2. The summed E-state index contributed by atoms with van der Waals surface area (Å²) in [7, 11) is 1.63. The third kappa shape index (κ3) is 5.86. The van der Waals surface area contributed by atoms with Crippen LogP contribution in [0.15, 0.2) is 36.5 Å². The normalized spacial score (nSPS) is 22.1. The molecular formula is C27H38N6O2. The highest BCUT2D eigenvalue weighted by molar-refractivity contribution is 5.94. The Labute approximate surface area is 208 Å². The number of carbonyl (C=O) groups excluding carboxylic acids is 1. The van der Waals surface area contributed by atoms with Crippen LogP contribution in [-0.2, 0) is 0 Å². The third-order valence-electron chi connectivity index (χ3n) is 7.71. The molecule has 0 bridgehead atoms. The number of ether oxygens (including phenoxy) is 1. The van der Waals surface area contributed by atoms with Gasteiger partial charge in [-0.15, -0.1) is 0 Å². The lowest BCUT2D eigenvalue weighted by Gasteiger charge is -2.37. The molecule has 188 valence electrons. The van der Waals surface area contributed by atoms with Gasteiger partial charge in [0.1, 0.15) is 11.6 Å². The molecule has 3 aliphatic rings. The van der Waals surface area contributed by atoms with Crippen molar-refractivity contribution in [2.75, 3.05) is 56.6 Å². The molecule has 0 radical (unpaired) electrons. The first-order valence-corrected chi connectivity index (χ1v) is 13.2. The van der Waals surface area contributed by atoms with Crippen molar-refractivity contribution < 1.29 is 9.53 Å².